The highest BCUT2D eigenvalue weighted by atomic mass is 15.2. The Kier molecular flexibility index (Phi) is 7.92. The Morgan fingerprint density at radius 1 is 1.11 bits per heavy atom. The van der Waals surface area contributed by atoms with Crippen molar-refractivity contribution < 1.29 is 0 Å². The third kappa shape index (κ3) is 6.19. The molecule has 0 heterocycles. The summed E-state index contributed by atoms with van der Waals surface area (Å²) in [5.41, 5.74) is 0. The van der Waals surface area contributed by atoms with Gasteiger partial charge in [0.25, 0.3) is 0 Å². The van der Waals surface area contributed by atoms with Crippen LogP contribution in [0.15, 0.2) is 0 Å². The van der Waals surface area contributed by atoms with Crippen molar-refractivity contribution in [2.24, 2.45) is 0 Å². The van der Waals surface area contributed by atoms with E-state index in [0.29, 0.717) is 0 Å². The second-order valence-electron chi connectivity index (χ2n) is 6.07. The van der Waals surface area contributed by atoms with Crippen LogP contribution in [-0.4, -0.2) is 36.1 Å². The van der Waals surface area contributed by atoms with Crippen LogP contribution in [-0.2, 0) is 0 Å². The quantitative estimate of drug-likeness (QED) is 0.564. The van der Waals surface area contributed by atoms with Crippen LogP contribution in [0.4, 0.5) is 0 Å². The number of unbranched alkanes of at least 4 members (excludes halogenated alkanes) is 1. The van der Waals surface area contributed by atoms with Gasteiger partial charge in [0, 0.05) is 18.1 Å². The van der Waals surface area contributed by atoms with Crippen molar-refractivity contribution in [2.75, 3.05) is 13.1 Å². The predicted octanol–water partition coefficient (Wildman–Crippen LogP) is 3.81. The Hall–Kier alpha value is -0.0800. The molecule has 0 aromatic carbocycles. The van der Waals surface area contributed by atoms with Crippen LogP contribution in [0.25, 0.3) is 0 Å². The van der Waals surface area contributed by atoms with Crippen LogP contribution >= 0.6 is 0 Å². The van der Waals surface area contributed by atoms with E-state index in [-0.39, 0.29) is 0 Å². The van der Waals surface area contributed by atoms with Gasteiger partial charge in [0.05, 0.1) is 0 Å². The Morgan fingerprint density at radius 2 is 1.83 bits per heavy atom. The third-order valence-electron chi connectivity index (χ3n) is 4.30. The summed E-state index contributed by atoms with van der Waals surface area (Å²) >= 11 is 0. The average molecular weight is 254 g/mol. The van der Waals surface area contributed by atoms with Crippen LogP contribution in [0, 0.1) is 0 Å². The molecule has 18 heavy (non-hydrogen) atoms. The van der Waals surface area contributed by atoms with Gasteiger partial charge in [0.15, 0.2) is 0 Å². The maximum absolute atomic E-state index is 3.62. The van der Waals surface area contributed by atoms with Gasteiger partial charge in [-0.1, -0.05) is 20.3 Å². The first-order valence-corrected chi connectivity index (χ1v) is 8.18. The summed E-state index contributed by atoms with van der Waals surface area (Å²) in [7, 11) is 0. The van der Waals surface area contributed by atoms with E-state index in [2.05, 4.69) is 37.9 Å². The van der Waals surface area contributed by atoms with Crippen LogP contribution in [0.3, 0.4) is 0 Å². The molecule has 2 atom stereocenters. The highest BCUT2D eigenvalue weighted by Gasteiger charge is 2.21. The van der Waals surface area contributed by atoms with E-state index >= 15 is 0 Å². The second kappa shape index (κ2) is 8.92. The van der Waals surface area contributed by atoms with Gasteiger partial charge >= 0.3 is 0 Å². The Morgan fingerprint density at radius 3 is 2.39 bits per heavy atom. The summed E-state index contributed by atoms with van der Waals surface area (Å²) in [6, 6.07) is 2.35. The molecule has 0 aromatic rings. The molecule has 1 saturated carbocycles. The minimum absolute atomic E-state index is 0.739. The highest BCUT2D eigenvalue weighted by Crippen LogP contribution is 2.19. The lowest BCUT2D eigenvalue weighted by molar-refractivity contribution is 0.139. The standard InChI is InChI=1S/C16H34N2/c1-5-7-13-18(14(3)6-2)15(4)9-8-12-17-16-10-11-16/h14-17H,5-13H2,1-4H3. The maximum atomic E-state index is 3.62. The third-order valence-corrected chi connectivity index (χ3v) is 4.30. The SMILES string of the molecule is CCCCN(C(C)CC)C(C)CCCNC1CC1. The molecule has 1 rings (SSSR count). The fourth-order valence-electron chi connectivity index (χ4n) is 2.61. The fraction of sp³-hybridized carbons (Fsp3) is 1.00. The Bertz CT molecular complexity index is 201. The van der Waals surface area contributed by atoms with Crippen molar-refractivity contribution in [2.45, 2.75) is 90.8 Å². The van der Waals surface area contributed by atoms with Gasteiger partial charge in [-0.05, 0) is 65.5 Å². The summed E-state index contributed by atoms with van der Waals surface area (Å²) in [5, 5.41) is 3.62. The molecule has 0 bridgehead atoms. The zero-order valence-electron chi connectivity index (χ0n) is 13.0. The monoisotopic (exact) mass is 254 g/mol. The average Bonchev–Trinajstić information content (AvgIpc) is 3.18. The molecule has 0 radical (unpaired) electrons. The molecule has 108 valence electrons. The van der Waals surface area contributed by atoms with Crippen molar-refractivity contribution in [3.05, 3.63) is 0 Å². The molecule has 0 aromatic heterocycles. The first-order valence-electron chi connectivity index (χ1n) is 8.18. The molecular formula is C16H34N2. The lowest BCUT2D eigenvalue weighted by Crippen LogP contribution is -2.41. The number of hydrogen-bond acceptors (Lipinski definition) is 2. The number of rotatable bonds is 11. The van der Waals surface area contributed by atoms with Gasteiger partial charge < -0.3 is 5.32 Å². The first-order chi connectivity index (χ1) is 8.69. The molecule has 1 aliphatic rings. The molecule has 2 unspecified atom stereocenters. The Balaban J connectivity index is 2.20. The minimum atomic E-state index is 0.739. The van der Waals surface area contributed by atoms with Gasteiger partial charge in [0.1, 0.15) is 0 Å². The number of hydrogen-bond donors (Lipinski definition) is 1. The summed E-state index contributed by atoms with van der Waals surface area (Å²) in [4.78, 5) is 2.72. The summed E-state index contributed by atoms with van der Waals surface area (Å²) < 4.78 is 0. The lowest BCUT2D eigenvalue weighted by Gasteiger charge is -2.34. The predicted molar refractivity (Wildman–Crippen MR) is 81.1 cm³/mol. The normalized spacial score (nSPS) is 19.2. The van der Waals surface area contributed by atoms with E-state index in [1.54, 1.807) is 0 Å². The highest BCUT2D eigenvalue weighted by molar-refractivity contribution is 4.81. The van der Waals surface area contributed by atoms with Gasteiger partial charge in [-0.2, -0.15) is 0 Å². The number of nitrogens with one attached hydrogen (secondary N) is 1. The van der Waals surface area contributed by atoms with Crippen molar-refractivity contribution in [1.82, 2.24) is 10.2 Å². The van der Waals surface area contributed by atoms with E-state index in [1.165, 1.54) is 58.0 Å². The second-order valence-corrected chi connectivity index (χ2v) is 6.07. The van der Waals surface area contributed by atoms with Crippen LogP contribution in [0.2, 0.25) is 0 Å². The molecule has 0 saturated heterocycles. The molecule has 0 amide bonds. The van der Waals surface area contributed by atoms with E-state index < -0.39 is 0 Å². The lowest BCUT2D eigenvalue weighted by atomic mass is 10.1. The van der Waals surface area contributed by atoms with Crippen LogP contribution in [0.1, 0.15) is 72.6 Å². The minimum Gasteiger partial charge on any atom is -0.314 e. The smallest absolute Gasteiger partial charge is 0.00702 e. The Labute approximate surface area is 115 Å². The summed E-state index contributed by atoms with van der Waals surface area (Å²) in [6.45, 7) is 11.9. The maximum Gasteiger partial charge on any atom is 0.00702 e. The van der Waals surface area contributed by atoms with E-state index in [1.807, 2.05) is 0 Å². The van der Waals surface area contributed by atoms with E-state index in [4.69, 9.17) is 0 Å². The van der Waals surface area contributed by atoms with Crippen molar-refractivity contribution in [1.29, 1.82) is 0 Å². The molecule has 2 nitrogen and oxygen atoms in total. The molecule has 2 heteroatoms. The van der Waals surface area contributed by atoms with Gasteiger partial charge in [-0.15, -0.1) is 0 Å². The topological polar surface area (TPSA) is 15.3 Å². The van der Waals surface area contributed by atoms with Crippen molar-refractivity contribution in [3.8, 4) is 0 Å². The molecular weight excluding hydrogens is 220 g/mol. The zero-order chi connectivity index (χ0) is 13.4. The molecule has 0 spiro atoms. The van der Waals surface area contributed by atoms with Crippen molar-refractivity contribution in [3.63, 3.8) is 0 Å². The largest absolute Gasteiger partial charge is 0.314 e. The van der Waals surface area contributed by atoms with E-state index in [9.17, 15) is 0 Å². The molecule has 1 aliphatic carbocycles. The molecule has 0 aliphatic heterocycles. The summed E-state index contributed by atoms with van der Waals surface area (Å²) in [5.74, 6) is 0. The van der Waals surface area contributed by atoms with Gasteiger partial charge in [-0.3, -0.25) is 4.90 Å². The van der Waals surface area contributed by atoms with E-state index in [0.717, 1.165) is 18.1 Å². The van der Waals surface area contributed by atoms with Crippen LogP contribution in [0.5, 0.6) is 0 Å². The van der Waals surface area contributed by atoms with Gasteiger partial charge in [-0.25, -0.2) is 0 Å². The van der Waals surface area contributed by atoms with Crippen LogP contribution < -0.4 is 5.32 Å². The zero-order valence-corrected chi connectivity index (χ0v) is 13.0. The fourth-order valence-corrected chi connectivity index (χ4v) is 2.61. The molecule has 1 fully saturated rings. The first kappa shape index (κ1) is 16.0. The molecule has 1 N–H and O–H groups in total. The van der Waals surface area contributed by atoms with Crippen molar-refractivity contribution >= 4 is 0 Å². The van der Waals surface area contributed by atoms with Gasteiger partial charge in [0.2, 0.25) is 0 Å². The summed E-state index contributed by atoms with van der Waals surface area (Å²) in [6.07, 6.45) is 9.41. The number of nitrogens with zero attached hydrogens (tertiary/aromatic N) is 1.